The van der Waals surface area contributed by atoms with E-state index in [1.165, 1.54) is 4.90 Å². The third-order valence-corrected chi connectivity index (χ3v) is 3.24. The Morgan fingerprint density at radius 2 is 2.00 bits per heavy atom. The minimum Gasteiger partial charge on any atom is -0.335 e. The number of rotatable bonds is 1. The molecule has 108 valence electrons. The van der Waals surface area contributed by atoms with Gasteiger partial charge in [-0.25, -0.2) is 4.39 Å². The maximum atomic E-state index is 13.2. The summed E-state index contributed by atoms with van der Waals surface area (Å²) < 4.78 is 51.0. The highest BCUT2D eigenvalue weighted by atomic mass is 19.4. The smallest absolute Gasteiger partial charge is 0.335 e. The topological polar surface area (TPSA) is 20.3 Å². The summed E-state index contributed by atoms with van der Waals surface area (Å²) in [6.07, 6.45) is -2.26. The number of halogens is 4. The first kappa shape index (κ1) is 14.6. The molecule has 0 unspecified atom stereocenters. The summed E-state index contributed by atoms with van der Waals surface area (Å²) in [5, 5.41) is 0. The average Bonchev–Trinajstić information content (AvgIpc) is 2.38. The van der Waals surface area contributed by atoms with Gasteiger partial charge in [0.25, 0.3) is 5.91 Å². The Bertz CT molecular complexity index is 563. The number of hydrogen-bond acceptors (Lipinski definition) is 1. The lowest BCUT2D eigenvalue weighted by molar-refractivity contribution is -0.140. The number of carbonyl (C=O) groups excluding carboxylic acids is 1. The van der Waals surface area contributed by atoms with Gasteiger partial charge < -0.3 is 4.90 Å². The molecule has 20 heavy (non-hydrogen) atoms. The van der Waals surface area contributed by atoms with Crippen molar-refractivity contribution in [2.24, 2.45) is 0 Å². The van der Waals surface area contributed by atoms with Gasteiger partial charge >= 0.3 is 6.18 Å². The van der Waals surface area contributed by atoms with E-state index in [1.807, 2.05) is 13.0 Å². The van der Waals surface area contributed by atoms with Crippen molar-refractivity contribution in [3.05, 3.63) is 46.8 Å². The quantitative estimate of drug-likeness (QED) is 0.570. The standard InChI is InChI=1S/C14H13F4NO/c1-9-4-6-19(7-5-9)13(20)10-2-3-12(15)11(8-10)14(16,17)18/h2-4,8H,5-7H2,1H3. The van der Waals surface area contributed by atoms with Crippen molar-refractivity contribution in [2.45, 2.75) is 19.5 Å². The van der Waals surface area contributed by atoms with Crippen LogP contribution >= 0.6 is 0 Å². The molecule has 0 aromatic heterocycles. The summed E-state index contributed by atoms with van der Waals surface area (Å²) in [7, 11) is 0. The van der Waals surface area contributed by atoms with Gasteiger partial charge in [0, 0.05) is 18.7 Å². The first-order valence-electron chi connectivity index (χ1n) is 6.10. The second kappa shape index (κ2) is 5.26. The Morgan fingerprint density at radius 3 is 2.55 bits per heavy atom. The van der Waals surface area contributed by atoms with Crippen LogP contribution in [0, 0.1) is 5.82 Å². The zero-order chi connectivity index (χ0) is 14.9. The van der Waals surface area contributed by atoms with E-state index in [1.54, 1.807) is 0 Å². The van der Waals surface area contributed by atoms with Gasteiger partial charge in [0.05, 0.1) is 5.56 Å². The molecule has 1 aliphatic heterocycles. The molecule has 0 N–H and O–H groups in total. The van der Waals surface area contributed by atoms with Crippen molar-refractivity contribution in [3.8, 4) is 0 Å². The van der Waals surface area contributed by atoms with Crippen LogP contribution in [-0.2, 0) is 6.18 Å². The molecule has 0 saturated heterocycles. The zero-order valence-electron chi connectivity index (χ0n) is 10.8. The molecule has 2 nitrogen and oxygen atoms in total. The summed E-state index contributed by atoms with van der Waals surface area (Å²) in [5.41, 5.74) is -0.414. The Labute approximate surface area is 113 Å². The van der Waals surface area contributed by atoms with E-state index in [0.29, 0.717) is 31.6 Å². The summed E-state index contributed by atoms with van der Waals surface area (Å²) in [5.74, 6) is -1.89. The van der Waals surface area contributed by atoms with Gasteiger partial charge in [0.1, 0.15) is 5.82 Å². The van der Waals surface area contributed by atoms with Crippen LogP contribution < -0.4 is 0 Å². The molecular weight excluding hydrogens is 274 g/mol. The Hall–Kier alpha value is -1.85. The maximum absolute atomic E-state index is 13.2. The molecule has 2 rings (SSSR count). The van der Waals surface area contributed by atoms with Crippen LogP contribution in [0.25, 0.3) is 0 Å². The lowest BCUT2D eigenvalue weighted by Gasteiger charge is -2.25. The van der Waals surface area contributed by atoms with Gasteiger partial charge in [-0.15, -0.1) is 0 Å². The van der Waals surface area contributed by atoms with Gasteiger partial charge in [-0.05, 0) is 31.5 Å². The second-order valence-corrected chi connectivity index (χ2v) is 4.74. The SMILES string of the molecule is CC1=CCN(C(=O)c2ccc(F)c(C(F)(F)F)c2)CC1. The van der Waals surface area contributed by atoms with Crippen molar-refractivity contribution < 1.29 is 22.4 Å². The Morgan fingerprint density at radius 1 is 1.30 bits per heavy atom. The highest BCUT2D eigenvalue weighted by Gasteiger charge is 2.35. The van der Waals surface area contributed by atoms with Crippen LogP contribution in [0.5, 0.6) is 0 Å². The van der Waals surface area contributed by atoms with Crippen LogP contribution in [0.1, 0.15) is 29.3 Å². The van der Waals surface area contributed by atoms with Crippen LogP contribution in [0.15, 0.2) is 29.8 Å². The van der Waals surface area contributed by atoms with Crippen molar-refractivity contribution >= 4 is 5.91 Å². The van der Waals surface area contributed by atoms with E-state index in [-0.39, 0.29) is 5.56 Å². The summed E-state index contributed by atoms with van der Waals surface area (Å²) in [6, 6.07) is 2.34. The fraction of sp³-hybridized carbons (Fsp3) is 0.357. The second-order valence-electron chi connectivity index (χ2n) is 4.74. The number of amides is 1. The number of carbonyl (C=O) groups is 1. The molecule has 0 aliphatic carbocycles. The first-order chi connectivity index (χ1) is 9.29. The van der Waals surface area contributed by atoms with Crippen LogP contribution in [0.2, 0.25) is 0 Å². The average molecular weight is 287 g/mol. The van der Waals surface area contributed by atoms with Crippen LogP contribution in [0.3, 0.4) is 0 Å². The Kier molecular flexibility index (Phi) is 3.83. The molecule has 1 amide bonds. The highest BCUT2D eigenvalue weighted by Crippen LogP contribution is 2.32. The largest absolute Gasteiger partial charge is 0.419 e. The number of hydrogen-bond donors (Lipinski definition) is 0. The van der Waals surface area contributed by atoms with Crippen molar-refractivity contribution in [1.29, 1.82) is 0 Å². The minimum atomic E-state index is -4.81. The van der Waals surface area contributed by atoms with Gasteiger partial charge in [-0.3, -0.25) is 4.79 Å². The van der Waals surface area contributed by atoms with E-state index >= 15 is 0 Å². The molecule has 0 saturated carbocycles. The summed E-state index contributed by atoms with van der Waals surface area (Å²) in [6.45, 7) is 2.75. The molecule has 6 heteroatoms. The molecule has 0 bridgehead atoms. The zero-order valence-corrected chi connectivity index (χ0v) is 10.8. The lowest BCUT2D eigenvalue weighted by atomic mass is 10.1. The van der Waals surface area contributed by atoms with Gasteiger partial charge in [0.15, 0.2) is 0 Å². The van der Waals surface area contributed by atoms with E-state index < -0.39 is 23.5 Å². The predicted octanol–water partition coefficient (Wildman–Crippen LogP) is 3.64. The van der Waals surface area contributed by atoms with E-state index in [0.717, 1.165) is 11.6 Å². The maximum Gasteiger partial charge on any atom is 0.419 e. The molecule has 0 spiro atoms. The van der Waals surface area contributed by atoms with Gasteiger partial charge in [-0.1, -0.05) is 11.6 Å². The fourth-order valence-electron chi connectivity index (χ4n) is 2.01. The van der Waals surface area contributed by atoms with Crippen molar-refractivity contribution in [3.63, 3.8) is 0 Å². The molecule has 0 atom stereocenters. The normalized spacial score (nSPS) is 16.1. The third-order valence-electron chi connectivity index (χ3n) is 3.24. The molecule has 1 heterocycles. The number of nitrogens with zero attached hydrogens (tertiary/aromatic N) is 1. The van der Waals surface area contributed by atoms with Gasteiger partial charge in [-0.2, -0.15) is 13.2 Å². The lowest BCUT2D eigenvalue weighted by Crippen LogP contribution is -2.34. The minimum absolute atomic E-state index is 0.147. The summed E-state index contributed by atoms with van der Waals surface area (Å²) in [4.78, 5) is 13.5. The van der Waals surface area contributed by atoms with E-state index in [4.69, 9.17) is 0 Å². The van der Waals surface area contributed by atoms with Gasteiger partial charge in [0.2, 0.25) is 0 Å². The van der Waals surface area contributed by atoms with E-state index in [9.17, 15) is 22.4 Å². The molecule has 1 aromatic rings. The molecule has 1 aromatic carbocycles. The van der Waals surface area contributed by atoms with Crippen LogP contribution in [0.4, 0.5) is 17.6 Å². The molecule has 1 aliphatic rings. The molecule has 0 fully saturated rings. The van der Waals surface area contributed by atoms with Crippen molar-refractivity contribution in [1.82, 2.24) is 4.90 Å². The van der Waals surface area contributed by atoms with E-state index in [2.05, 4.69) is 0 Å². The predicted molar refractivity (Wildman–Crippen MR) is 65.7 cm³/mol. The Balaban J connectivity index is 2.27. The molecular formula is C14H13F4NO. The summed E-state index contributed by atoms with van der Waals surface area (Å²) >= 11 is 0. The van der Waals surface area contributed by atoms with Crippen LogP contribution in [-0.4, -0.2) is 23.9 Å². The van der Waals surface area contributed by atoms with Crippen molar-refractivity contribution in [2.75, 3.05) is 13.1 Å². The number of alkyl halides is 3. The highest BCUT2D eigenvalue weighted by molar-refractivity contribution is 5.94. The third kappa shape index (κ3) is 3.00. The first-order valence-corrected chi connectivity index (χ1v) is 6.10. The fourth-order valence-corrected chi connectivity index (χ4v) is 2.01. The molecule has 0 radical (unpaired) electrons. The monoisotopic (exact) mass is 287 g/mol. The number of benzene rings is 1.